The molecule has 4 rings (SSSR count). The zero-order valence-electron chi connectivity index (χ0n) is 13.0. The molecule has 3 N–H and O–H groups in total. The highest BCUT2D eigenvalue weighted by molar-refractivity contribution is 7.16. The highest BCUT2D eigenvalue weighted by Crippen LogP contribution is 2.30. The number of anilines is 1. The van der Waals surface area contributed by atoms with Gasteiger partial charge in [0.05, 0.1) is 22.5 Å². The van der Waals surface area contributed by atoms with Crippen LogP contribution in [0.5, 0.6) is 0 Å². The smallest absolute Gasteiger partial charge is 0.232 e. The van der Waals surface area contributed by atoms with Gasteiger partial charge in [-0.25, -0.2) is 14.8 Å². The fourth-order valence-corrected chi connectivity index (χ4v) is 4.27. The van der Waals surface area contributed by atoms with Crippen LogP contribution in [0.4, 0.5) is 9.52 Å². The summed E-state index contributed by atoms with van der Waals surface area (Å²) in [4.78, 5) is 18.2. The molecule has 3 aromatic rings. The lowest BCUT2D eigenvalue weighted by molar-refractivity contribution is -0.119. The van der Waals surface area contributed by atoms with Crippen LogP contribution in [0.3, 0.4) is 0 Å². The number of amides is 1. The number of hydrazine groups is 1. The lowest BCUT2D eigenvalue weighted by Crippen LogP contribution is -2.29. The molecule has 0 radical (unpaired) electrons. The molecule has 0 saturated carbocycles. The lowest BCUT2D eigenvalue weighted by atomic mass is 9.94. The first-order chi connectivity index (χ1) is 12.2. The van der Waals surface area contributed by atoms with E-state index in [-0.39, 0.29) is 23.7 Å². The van der Waals surface area contributed by atoms with Gasteiger partial charge in [-0.15, -0.1) is 22.7 Å². The number of carbonyl (C=O) groups excluding carboxylic acids is 1. The monoisotopic (exact) mass is 374 g/mol. The molecule has 1 saturated heterocycles. The first kappa shape index (κ1) is 16.3. The number of aromatic nitrogens is 1. The van der Waals surface area contributed by atoms with E-state index in [0.717, 1.165) is 16.1 Å². The molecule has 3 heterocycles. The number of rotatable bonds is 4. The van der Waals surface area contributed by atoms with Gasteiger partial charge >= 0.3 is 0 Å². The average molecular weight is 374 g/mol. The second kappa shape index (κ2) is 7.01. The maximum Gasteiger partial charge on any atom is 0.232 e. The molecule has 1 amide bonds. The number of nitrogens with zero attached hydrogens (tertiary/aromatic N) is 1. The molecule has 5 nitrogen and oxygen atoms in total. The first-order valence-electron chi connectivity index (χ1n) is 7.75. The number of thiazole rings is 1. The highest BCUT2D eigenvalue weighted by atomic mass is 32.1. The minimum Gasteiger partial charge on any atom is -0.302 e. The van der Waals surface area contributed by atoms with Crippen LogP contribution in [-0.2, 0) is 4.79 Å². The van der Waals surface area contributed by atoms with Crippen LogP contribution in [0.2, 0.25) is 0 Å². The van der Waals surface area contributed by atoms with Crippen molar-refractivity contribution in [3.63, 3.8) is 0 Å². The Hall–Kier alpha value is -2.13. The standard InChI is InChI=1S/C17H15FN4OS2/c18-11-5-3-10(4-6-11)15-12(8-19-22-15)16(23)21-17-20-13(9-25-17)14-2-1-7-24-14/h1-7,9,12,15,19,22H,8H2,(H,20,21,23). The zero-order chi connectivity index (χ0) is 17.2. The third kappa shape index (κ3) is 3.47. The predicted molar refractivity (Wildman–Crippen MR) is 97.8 cm³/mol. The van der Waals surface area contributed by atoms with Crippen LogP contribution in [0.1, 0.15) is 11.6 Å². The molecule has 8 heteroatoms. The molecule has 2 aromatic heterocycles. The first-order valence-corrected chi connectivity index (χ1v) is 9.51. The van der Waals surface area contributed by atoms with Crippen LogP contribution in [-0.4, -0.2) is 17.4 Å². The summed E-state index contributed by atoms with van der Waals surface area (Å²) < 4.78 is 13.1. The van der Waals surface area contributed by atoms with Crippen LogP contribution in [0.25, 0.3) is 10.6 Å². The molecular weight excluding hydrogens is 359 g/mol. The van der Waals surface area contributed by atoms with E-state index in [9.17, 15) is 9.18 Å². The Morgan fingerprint density at radius 2 is 2.08 bits per heavy atom. The molecular formula is C17H15FN4OS2. The number of nitrogens with one attached hydrogen (secondary N) is 3. The van der Waals surface area contributed by atoms with Gasteiger partial charge in [-0.1, -0.05) is 18.2 Å². The van der Waals surface area contributed by atoms with Gasteiger partial charge in [0.25, 0.3) is 0 Å². The molecule has 0 aliphatic carbocycles. The largest absolute Gasteiger partial charge is 0.302 e. The van der Waals surface area contributed by atoms with E-state index in [1.165, 1.54) is 23.5 Å². The molecule has 0 spiro atoms. The Balaban J connectivity index is 1.47. The third-order valence-corrected chi connectivity index (χ3v) is 5.71. The fraction of sp³-hybridized carbons (Fsp3) is 0.176. The topological polar surface area (TPSA) is 66.0 Å². The van der Waals surface area contributed by atoms with Gasteiger partial charge in [0.1, 0.15) is 5.82 Å². The van der Waals surface area contributed by atoms with E-state index in [2.05, 4.69) is 21.2 Å². The van der Waals surface area contributed by atoms with E-state index in [1.54, 1.807) is 23.5 Å². The van der Waals surface area contributed by atoms with Crippen molar-refractivity contribution < 1.29 is 9.18 Å². The van der Waals surface area contributed by atoms with Gasteiger partial charge in [0.2, 0.25) is 5.91 Å². The lowest BCUT2D eigenvalue weighted by Gasteiger charge is -2.17. The number of carbonyl (C=O) groups is 1. The van der Waals surface area contributed by atoms with Gasteiger partial charge in [-0.05, 0) is 29.1 Å². The van der Waals surface area contributed by atoms with Crippen LogP contribution in [0, 0.1) is 11.7 Å². The van der Waals surface area contributed by atoms with Crippen molar-refractivity contribution >= 4 is 33.7 Å². The minimum atomic E-state index is -0.306. The van der Waals surface area contributed by atoms with Gasteiger partial charge in [-0.3, -0.25) is 10.2 Å². The van der Waals surface area contributed by atoms with Crippen LogP contribution in [0.15, 0.2) is 47.2 Å². The Bertz CT molecular complexity index is 863. The summed E-state index contributed by atoms with van der Waals surface area (Å²) in [5, 5.41) is 7.41. The molecule has 128 valence electrons. The molecule has 1 aromatic carbocycles. The summed E-state index contributed by atoms with van der Waals surface area (Å²) in [5.74, 6) is -0.710. The third-order valence-electron chi connectivity index (χ3n) is 4.06. The van der Waals surface area contributed by atoms with Gasteiger partial charge < -0.3 is 5.32 Å². The minimum absolute atomic E-state index is 0.112. The van der Waals surface area contributed by atoms with E-state index in [1.807, 2.05) is 22.9 Å². The summed E-state index contributed by atoms with van der Waals surface area (Å²) in [7, 11) is 0. The number of hydrogen-bond donors (Lipinski definition) is 3. The van der Waals surface area contributed by atoms with Gasteiger partial charge in [0.15, 0.2) is 5.13 Å². The number of thiophene rings is 1. The van der Waals surface area contributed by atoms with E-state index >= 15 is 0 Å². The molecule has 25 heavy (non-hydrogen) atoms. The molecule has 2 unspecified atom stereocenters. The van der Waals surface area contributed by atoms with Crippen molar-refractivity contribution in [2.24, 2.45) is 5.92 Å². The van der Waals surface area contributed by atoms with E-state index in [0.29, 0.717) is 11.7 Å². The molecule has 1 aliphatic rings. The summed E-state index contributed by atoms with van der Waals surface area (Å²) in [6.45, 7) is 0.497. The molecule has 2 atom stereocenters. The van der Waals surface area contributed by atoms with Crippen LogP contribution < -0.4 is 16.2 Å². The maximum atomic E-state index is 13.1. The van der Waals surface area contributed by atoms with Gasteiger partial charge in [-0.2, -0.15) is 0 Å². The molecule has 1 fully saturated rings. The Morgan fingerprint density at radius 1 is 1.24 bits per heavy atom. The summed E-state index contributed by atoms with van der Waals surface area (Å²) in [5.41, 5.74) is 7.83. The van der Waals surface area contributed by atoms with Crippen molar-refractivity contribution in [3.05, 3.63) is 58.5 Å². The van der Waals surface area contributed by atoms with E-state index in [4.69, 9.17) is 0 Å². The number of benzene rings is 1. The summed E-state index contributed by atoms with van der Waals surface area (Å²) >= 11 is 3.02. The summed E-state index contributed by atoms with van der Waals surface area (Å²) in [6, 6.07) is 9.95. The van der Waals surface area contributed by atoms with Gasteiger partial charge in [0, 0.05) is 11.9 Å². The quantitative estimate of drug-likeness (QED) is 0.655. The van der Waals surface area contributed by atoms with Crippen molar-refractivity contribution in [2.45, 2.75) is 6.04 Å². The Kier molecular flexibility index (Phi) is 4.58. The molecule has 0 bridgehead atoms. The van der Waals surface area contributed by atoms with Crippen molar-refractivity contribution in [1.82, 2.24) is 15.8 Å². The van der Waals surface area contributed by atoms with Crippen LogP contribution >= 0.6 is 22.7 Å². The Morgan fingerprint density at radius 3 is 2.84 bits per heavy atom. The SMILES string of the molecule is O=C(Nc1nc(-c2cccs2)cs1)C1CNNC1c1ccc(F)cc1. The predicted octanol–water partition coefficient (Wildman–Crippen LogP) is 3.41. The maximum absolute atomic E-state index is 13.1. The summed E-state index contributed by atoms with van der Waals surface area (Å²) in [6.07, 6.45) is 0. The second-order valence-corrected chi connectivity index (χ2v) is 7.47. The zero-order valence-corrected chi connectivity index (χ0v) is 14.7. The second-order valence-electron chi connectivity index (χ2n) is 5.67. The van der Waals surface area contributed by atoms with Crippen molar-refractivity contribution in [3.8, 4) is 10.6 Å². The van der Waals surface area contributed by atoms with E-state index < -0.39 is 0 Å². The Labute approximate surface area is 151 Å². The van der Waals surface area contributed by atoms with Crippen molar-refractivity contribution in [2.75, 3.05) is 11.9 Å². The normalized spacial score (nSPS) is 19.9. The highest BCUT2D eigenvalue weighted by Gasteiger charge is 2.34. The number of hydrogen-bond acceptors (Lipinski definition) is 6. The fourth-order valence-electron chi connectivity index (χ4n) is 2.79. The average Bonchev–Trinajstić information content (AvgIpc) is 3.36. The number of halogens is 1. The van der Waals surface area contributed by atoms with Crippen molar-refractivity contribution in [1.29, 1.82) is 0 Å². The molecule has 1 aliphatic heterocycles.